The Balaban J connectivity index is 2.10. The van der Waals surface area contributed by atoms with Crippen molar-refractivity contribution in [3.8, 4) is 0 Å². The molecule has 0 aliphatic carbocycles. The van der Waals surface area contributed by atoms with Crippen molar-refractivity contribution in [2.75, 3.05) is 18.5 Å². The summed E-state index contributed by atoms with van der Waals surface area (Å²) in [5.74, 6) is 0.674. The molecule has 0 radical (unpaired) electrons. The lowest BCUT2D eigenvalue weighted by molar-refractivity contribution is 0.378. The summed E-state index contributed by atoms with van der Waals surface area (Å²) in [6.45, 7) is 5.30. The highest BCUT2D eigenvalue weighted by Crippen LogP contribution is 2.27. The van der Waals surface area contributed by atoms with Crippen molar-refractivity contribution in [1.29, 1.82) is 0 Å². The van der Waals surface area contributed by atoms with E-state index < -0.39 is 0 Å². The second-order valence-corrected chi connectivity index (χ2v) is 5.06. The topological polar surface area (TPSA) is 54.2 Å². The molecule has 1 aromatic heterocycles. The van der Waals surface area contributed by atoms with E-state index in [0.29, 0.717) is 17.9 Å². The number of hydrogen-bond acceptors (Lipinski definition) is 5. The van der Waals surface area contributed by atoms with E-state index in [2.05, 4.69) is 27.3 Å². The van der Waals surface area contributed by atoms with Gasteiger partial charge in [0.25, 0.3) is 0 Å². The lowest BCUT2D eigenvalue weighted by Gasteiger charge is -2.34. The number of aromatic nitrogens is 2. The smallest absolute Gasteiger partial charge is 0.318 e. The van der Waals surface area contributed by atoms with E-state index in [1.165, 1.54) is 32.1 Å². The maximum absolute atomic E-state index is 5.79. The van der Waals surface area contributed by atoms with Gasteiger partial charge in [0.15, 0.2) is 0 Å². The Bertz CT molecular complexity index is 364. The molecule has 1 N–H and O–H groups in total. The Labute approximate surface area is 109 Å². The number of hydrogen-bond donors (Lipinski definition) is 1. The van der Waals surface area contributed by atoms with Gasteiger partial charge in [-0.15, -0.1) is 5.10 Å². The van der Waals surface area contributed by atoms with Crippen molar-refractivity contribution in [2.24, 2.45) is 0 Å². The molecule has 1 saturated heterocycles. The monoisotopic (exact) mass is 252 g/mol. The first-order chi connectivity index (χ1) is 8.76. The second-order valence-electron chi connectivity index (χ2n) is 5.06. The van der Waals surface area contributed by atoms with Crippen molar-refractivity contribution in [2.45, 2.75) is 58.0 Å². The maximum atomic E-state index is 5.79. The fraction of sp³-hybridized carbons (Fsp3) is 0.846. The molecule has 102 valence electrons. The van der Waals surface area contributed by atoms with Crippen LogP contribution in [0.15, 0.2) is 4.42 Å². The minimum atomic E-state index is 0.112. The number of anilines is 1. The van der Waals surface area contributed by atoms with E-state index in [4.69, 9.17) is 4.42 Å². The van der Waals surface area contributed by atoms with E-state index in [-0.39, 0.29) is 6.04 Å². The summed E-state index contributed by atoms with van der Waals surface area (Å²) < 4.78 is 5.79. The van der Waals surface area contributed by atoms with Crippen molar-refractivity contribution in [1.82, 2.24) is 15.5 Å². The zero-order valence-corrected chi connectivity index (χ0v) is 11.6. The third kappa shape index (κ3) is 2.83. The summed E-state index contributed by atoms with van der Waals surface area (Å²) in [6, 6.07) is 1.38. The lowest BCUT2D eigenvalue weighted by Crippen LogP contribution is -2.39. The number of nitrogens with one attached hydrogen (secondary N) is 1. The Kier molecular flexibility index (Phi) is 4.58. The van der Waals surface area contributed by atoms with Crippen LogP contribution in [0.4, 0.5) is 6.01 Å². The predicted octanol–water partition coefficient (Wildman–Crippen LogP) is 2.51. The van der Waals surface area contributed by atoms with Crippen LogP contribution in [0, 0.1) is 0 Å². The lowest BCUT2D eigenvalue weighted by atomic mass is 9.99. The molecule has 1 aliphatic rings. The molecule has 0 saturated carbocycles. The molecule has 0 amide bonds. The first-order valence-corrected chi connectivity index (χ1v) is 7.03. The summed E-state index contributed by atoms with van der Waals surface area (Å²) >= 11 is 0. The van der Waals surface area contributed by atoms with Gasteiger partial charge in [-0.05, 0) is 39.7 Å². The third-order valence-corrected chi connectivity index (χ3v) is 3.73. The van der Waals surface area contributed by atoms with Crippen LogP contribution < -0.4 is 10.2 Å². The van der Waals surface area contributed by atoms with Gasteiger partial charge in [-0.3, -0.25) is 0 Å². The van der Waals surface area contributed by atoms with Gasteiger partial charge >= 0.3 is 6.01 Å². The van der Waals surface area contributed by atoms with Gasteiger partial charge in [-0.25, -0.2) is 0 Å². The molecular formula is C13H24N4O. The van der Waals surface area contributed by atoms with Crippen LogP contribution in [0.2, 0.25) is 0 Å². The highest BCUT2D eigenvalue weighted by molar-refractivity contribution is 5.27. The molecule has 1 fully saturated rings. The summed E-state index contributed by atoms with van der Waals surface area (Å²) in [5, 5.41) is 11.5. The van der Waals surface area contributed by atoms with Gasteiger partial charge in [-0.2, -0.15) is 0 Å². The summed E-state index contributed by atoms with van der Waals surface area (Å²) in [4.78, 5) is 2.30. The number of nitrogens with zero attached hydrogens (tertiary/aromatic N) is 3. The Morgan fingerprint density at radius 2 is 2.28 bits per heavy atom. The van der Waals surface area contributed by atoms with Crippen molar-refractivity contribution in [3.63, 3.8) is 0 Å². The third-order valence-electron chi connectivity index (χ3n) is 3.73. The van der Waals surface area contributed by atoms with Gasteiger partial charge in [0.2, 0.25) is 5.89 Å². The molecule has 2 atom stereocenters. The zero-order chi connectivity index (χ0) is 13.0. The van der Waals surface area contributed by atoms with Crippen LogP contribution >= 0.6 is 0 Å². The zero-order valence-electron chi connectivity index (χ0n) is 11.6. The predicted molar refractivity (Wildman–Crippen MR) is 71.7 cm³/mol. The minimum Gasteiger partial charge on any atom is -0.406 e. The second kappa shape index (κ2) is 6.18. The van der Waals surface area contributed by atoms with Gasteiger partial charge < -0.3 is 14.6 Å². The van der Waals surface area contributed by atoms with Crippen LogP contribution in [-0.4, -0.2) is 29.8 Å². The summed E-state index contributed by atoms with van der Waals surface area (Å²) in [6.07, 6.45) is 6.19. The van der Waals surface area contributed by atoms with Crippen LogP contribution in [0.3, 0.4) is 0 Å². The van der Waals surface area contributed by atoms with Gasteiger partial charge in [0.1, 0.15) is 0 Å². The first kappa shape index (κ1) is 13.3. The molecule has 0 aromatic carbocycles. The molecule has 0 bridgehead atoms. The van der Waals surface area contributed by atoms with E-state index in [1.807, 2.05) is 14.0 Å². The van der Waals surface area contributed by atoms with E-state index >= 15 is 0 Å². The quantitative estimate of drug-likeness (QED) is 0.872. The van der Waals surface area contributed by atoms with Crippen molar-refractivity contribution in [3.05, 3.63) is 5.89 Å². The number of rotatable bonds is 5. The molecule has 5 nitrogen and oxygen atoms in total. The standard InChI is InChI=1S/C13H24N4O/c1-4-7-11-8-5-6-9-17(11)13-16-15-12(18-13)10(2)14-3/h10-11,14H,4-9H2,1-3H3. The molecular weight excluding hydrogens is 228 g/mol. The van der Waals surface area contributed by atoms with Crippen molar-refractivity contribution < 1.29 is 4.42 Å². The fourth-order valence-electron chi connectivity index (χ4n) is 2.53. The van der Waals surface area contributed by atoms with Crippen LogP contribution in [0.5, 0.6) is 0 Å². The van der Waals surface area contributed by atoms with Crippen LogP contribution in [0.25, 0.3) is 0 Å². The molecule has 2 heterocycles. The Morgan fingerprint density at radius 3 is 3.00 bits per heavy atom. The fourth-order valence-corrected chi connectivity index (χ4v) is 2.53. The molecule has 1 aliphatic heterocycles. The Morgan fingerprint density at radius 1 is 1.44 bits per heavy atom. The highest BCUT2D eigenvalue weighted by atomic mass is 16.4. The average Bonchev–Trinajstić information content (AvgIpc) is 2.88. The van der Waals surface area contributed by atoms with Gasteiger partial charge in [-0.1, -0.05) is 18.4 Å². The van der Waals surface area contributed by atoms with Gasteiger partial charge in [0.05, 0.1) is 6.04 Å². The summed E-state index contributed by atoms with van der Waals surface area (Å²) in [5.41, 5.74) is 0. The molecule has 0 spiro atoms. The number of piperidine rings is 1. The van der Waals surface area contributed by atoms with E-state index in [1.54, 1.807) is 0 Å². The minimum absolute atomic E-state index is 0.112. The largest absolute Gasteiger partial charge is 0.406 e. The van der Waals surface area contributed by atoms with Crippen LogP contribution in [0.1, 0.15) is 57.9 Å². The van der Waals surface area contributed by atoms with E-state index in [9.17, 15) is 0 Å². The normalized spacial score (nSPS) is 22.2. The molecule has 2 rings (SSSR count). The van der Waals surface area contributed by atoms with Gasteiger partial charge in [0, 0.05) is 12.6 Å². The van der Waals surface area contributed by atoms with E-state index in [0.717, 1.165) is 6.54 Å². The molecule has 2 unspecified atom stereocenters. The maximum Gasteiger partial charge on any atom is 0.318 e. The summed E-state index contributed by atoms with van der Waals surface area (Å²) in [7, 11) is 1.90. The average molecular weight is 252 g/mol. The van der Waals surface area contributed by atoms with Crippen molar-refractivity contribution >= 4 is 6.01 Å². The van der Waals surface area contributed by atoms with Crippen LogP contribution in [-0.2, 0) is 0 Å². The molecule has 5 heteroatoms. The highest BCUT2D eigenvalue weighted by Gasteiger charge is 2.26. The first-order valence-electron chi connectivity index (χ1n) is 7.03. The molecule has 1 aromatic rings. The Hall–Kier alpha value is -1.10. The molecule has 18 heavy (non-hydrogen) atoms. The SMILES string of the molecule is CCCC1CCCCN1c1nnc(C(C)NC)o1.